The molecular formula is C12H19N3O2. The molecule has 0 fully saturated rings. The maximum Gasteiger partial charge on any atom is 0.231 e. The number of rotatable bonds is 7. The van der Waals surface area contributed by atoms with E-state index in [-0.39, 0.29) is 12.5 Å². The van der Waals surface area contributed by atoms with Gasteiger partial charge < -0.3 is 16.2 Å². The number of nitrogens with two attached hydrogens (primary N) is 2. The van der Waals surface area contributed by atoms with Gasteiger partial charge in [-0.3, -0.25) is 9.69 Å². The first-order valence-electron chi connectivity index (χ1n) is 5.53. The Labute approximate surface area is 101 Å². The molecule has 94 valence electrons. The smallest absolute Gasteiger partial charge is 0.231 e. The molecule has 5 heteroatoms. The lowest BCUT2D eigenvalue weighted by molar-refractivity contribution is -0.118. The van der Waals surface area contributed by atoms with Gasteiger partial charge in [0, 0.05) is 18.3 Å². The summed E-state index contributed by atoms with van der Waals surface area (Å²) < 4.78 is 5.52. The Bertz CT molecular complexity index is 369. The molecule has 0 atom stereocenters. The molecule has 0 spiro atoms. The zero-order valence-corrected chi connectivity index (χ0v) is 10.1. The van der Waals surface area contributed by atoms with Crippen LogP contribution in [0.3, 0.4) is 0 Å². The van der Waals surface area contributed by atoms with Gasteiger partial charge in [0.15, 0.2) is 0 Å². The van der Waals surface area contributed by atoms with Crippen LogP contribution in [0.5, 0.6) is 5.75 Å². The second-order valence-corrected chi connectivity index (χ2v) is 3.98. The number of carbonyl (C=O) groups excluding carboxylic acids is 1. The van der Waals surface area contributed by atoms with Crippen LogP contribution in [0, 0.1) is 0 Å². The first kappa shape index (κ1) is 13.3. The van der Waals surface area contributed by atoms with Crippen molar-refractivity contribution in [2.75, 3.05) is 32.5 Å². The maximum atomic E-state index is 10.6. The monoisotopic (exact) mass is 237 g/mol. The maximum absolute atomic E-state index is 10.6. The highest BCUT2D eigenvalue weighted by atomic mass is 16.5. The van der Waals surface area contributed by atoms with Crippen molar-refractivity contribution in [3.8, 4) is 5.75 Å². The molecule has 0 aliphatic carbocycles. The Balaban J connectivity index is 2.18. The zero-order chi connectivity index (χ0) is 12.7. The van der Waals surface area contributed by atoms with Gasteiger partial charge in [-0.1, -0.05) is 6.07 Å². The Morgan fingerprint density at radius 1 is 1.47 bits per heavy atom. The van der Waals surface area contributed by atoms with Crippen LogP contribution in [-0.4, -0.2) is 37.6 Å². The highest BCUT2D eigenvalue weighted by Gasteiger charge is 2.02. The zero-order valence-electron chi connectivity index (χ0n) is 10.1. The number of hydrogen-bond acceptors (Lipinski definition) is 4. The standard InChI is InChI=1S/C12H19N3O2/c1-15(9-12(14)16)6-3-7-17-11-5-2-4-10(13)8-11/h2,4-5,8H,3,6-7,9,13H2,1H3,(H2,14,16). The third kappa shape index (κ3) is 5.77. The summed E-state index contributed by atoms with van der Waals surface area (Å²) in [5, 5.41) is 0. The number of anilines is 1. The Morgan fingerprint density at radius 2 is 2.24 bits per heavy atom. The van der Waals surface area contributed by atoms with E-state index in [0.29, 0.717) is 12.3 Å². The van der Waals surface area contributed by atoms with Gasteiger partial charge >= 0.3 is 0 Å². The molecule has 1 aromatic rings. The summed E-state index contributed by atoms with van der Waals surface area (Å²) >= 11 is 0. The van der Waals surface area contributed by atoms with Gasteiger partial charge in [-0.15, -0.1) is 0 Å². The number of amides is 1. The Kier molecular flexibility index (Phi) is 5.29. The first-order chi connectivity index (χ1) is 8.08. The van der Waals surface area contributed by atoms with Gasteiger partial charge in [0.05, 0.1) is 13.2 Å². The summed E-state index contributed by atoms with van der Waals surface area (Å²) in [6.07, 6.45) is 0.832. The number of hydrogen-bond donors (Lipinski definition) is 2. The van der Waals surface area contributed by atoms with Crippen molar-refractivity contribution in [1.82, 2.24) is 4.90 Å². The fourth-order valence-corrected chi connectivity index (χ4v) is 1.47. The number of carbonyl (C=O) groups is 1. The minimum atomic E-state index is -0.316. The van der Waals surface area contributed by atoms with E-state index in [4.69, 9.17) is 16.2 Å². The van der Waals surface area contributed by atoms with E-state index in [1.165, 1.54) is 0 Å². The molecule has 1 aromatic carbocycles. The van der Waals surface area contributed by atoms with E-state index in [9.17, 15) is 4.79 Å². The van der Waals surface area contributed by atoms with E-state index >= 15 is 0 Å². The summed E-state index contributed by atoms with van der Waals surface area (Å²) in [5.74, 6) is 0.451. The lowest BCUT2D eigenvalue weighted by atomic mass is 10.3. The summed E-state index contributed by atoms with van der Waals surface area (Å²) in [5.41, 5.74) is 11.4. The van der Waals surface area contributed by atoms with Crippen LogP contribution >= 0.6 is 0 Å². The normalized spacial score (nSPS) is 10.5. The first-order valence-corrected chi connectivity index (χ1v) is 5.53. The molecular weight excluding hydrogens is 218 g/mol. The summed E-state index contributed by atoms with van der Waals surface area (Å²) in [4.78, 5) is 12.5. The number of nitrogens with zero attached hydrogens (tertiary/aromatic N) is 1. The van der Waals surface area contributed by atoms with Crippen molar-refractivity contribution < 1.29 is 9.53 Å². The van der Waals surface area contributed by atoms with E-state index in [2.05, 4.69) is 0 Å². The van der Waals surface area contributed by atoms with Crippen molar-refractivity contribution >= 4 is 11.6 Å². The average molecular weight is 237 g/mol. The summed E-state index contributed by atoms with van der Waals surface area (Å²) in [7, 11) is 1.85. The molecule has 0 aromatic heterocycles. The van der Waals surface area contributed by atoms with E-state index in [0.717, 1.165) is 18.7 Å². The SMILES string of the molecule is CN(CCCOc1cccc(N)c1)CC(N)=O. The summed E-state index contributed by atoms with van der Waals surface area (Å²) in [6.45, 7) is 1.64. The lowest BCUT2D eigenvalue weighted by Gasteiger charge is -2.14. The minimum Gasteiger partial charge on any atom is -0.493 e. The molecule has 0 aliphatic rings. The van der Waals surface area contributed by atoms with Crippen LogP contribution in [-0.2, 0) is 4.79 Å². The van der Waals surface area contributed by atoms with Crippen LogP contribution in [0.4, 0.5) is 5.69 Å². The molecule has 0 saturated heterocycles. The van der Waals surface area contributed by atoms with Crippen molar-refractivity contribution in [2.45, 2.75) is 6.42 Å². The van der Waals surface area contributed by atoms with Gasteiger partial charge in [-0.25, -0.2) is 0 Å². The third-order valence-electron chi connectivity index (χ3n) is 2.24. The molecule has 0 aliphatic heterocycles. The largest absolute Gasteiger partial charge is 0.493 e. The topological polar surface area (TPSA) is 81.6 Å². The highest BCUT2D eigenvalue weighted by Crippen LogP contribution is 2.14. The Hall–Kier alpha value is -1.75. The quantitative estimate of drug-likeness (QED) is 0.533. The van der Waals surface area contributed by atoms with Gasteiger partial charge in [0.1, 0.15) is 5.75 Å². The molecule has 4 N–H and O–H groups in total. The number of benzene rings is 1. The number of primary amides is 1. The number of ether oxygens (including phenoxy) is 1. The molecule has 5 nitrogen and oxygen atoms in total. The van der Waals surface area contributed by atoms with Crippen LogP contribution in [0.2, 0.25) is 0 Å². The van der Waals surface area contributed by atoms with Crippen LogP contribution in [0.25, 0.3) is 0 Å². The van der Waals surface area contributed by atoms with Crippen LogP contribution < -0.4 is 16.2 Å². The highest BCUT2D eigenvalue weighted by molar-refractivity contribution is 5.75. The number of likely N-dealkylation sites (N-methyl/N-ethyl adjacent to an activating group) is 1. The van der Waals surface area contributed by atoms with Crippen molar-refractivity contribution in [1.29, 1.82) is 0 Å². The molecule has 1 amide bonds. The summed E-state index contributed by atoms with van der Waals surface area (Å²) in [6, 6.07) is 7.31. The van der Waals surface area contributed by atoms with E-state index < -0.39 is 0 Å². The molecule has 17 heavy (non-hydrogen) atoms. The van der Waals surface area contributed by atoms with Crippen LogP contribution in [0.1, 0.15) is 6.42 Å². The third-order valence-corrected chi connectivity index (χ3v) is 2.24. The van der Waals surface area contributed by atoms with Crippen molar-refractivity contribution in [2.24, 2.45) is 5.73 Å². The molecule has 0 heterocycles. The van der Waals surface area contributed by atoms with Gasteiger partial charge in [-0.2, -0.15) is 0 Å². The van der Waals surface area contributed by atoms with Gasteiger partial charge in [0.2, 0.25) is 5.91 Å². The number of nitrogen functional groups attached to an aromatic ring is 1. The molecule has 0 bridgehead atoms. The fourth-order valence-electron chi connectivity index (χ4n) is 1.47. The lowest BCUT2D eigenvalue weighted by Crippen LogP contribution is -2.31. The van der Waals surface area contributed by atoms with Gasteiger partial charge in [0.25, 0.3) is 0 Å². The second-order valence-electron chi connectivity index (χ2n) is 3.98. The molecule has 0 saturated carbocycles. The predicted molar refractivity (Wildman–Crippen MR) is 67.7 cm³/mol. The van der Waals surface area contributed by atoms with Crippen molar-refractivity contribution in [3.05, 3.63) is 24.3 Å². The van der Waals surface area contributed by atoms with Crippen molar-refractivity contribution in [3.63, 3.8) is 0 Å². The molecule has 0 radical (unpaired) electrons. The minimum absolute atomic E-state index is 0.276. The predicted octanol–water partition coefficient (Wildman–Crippen LogP) is 0.455. The average Bonchev–Trinajstić information content (AvgIpc) is 2.23. The Morgan fingerprint density at radius 3 is 2.88 bits per heavy atom. The second kappa shape index (κ2) is 6.75. The fraction of sp³-hybridized carbons (Fsp3) is 0.417. The molecule has 1 rings (SSSR count). The molecule has 0 unspecified atom stereocenters. The van der Waals surface area contributed by atoms with E-state index in [1.54, 1.807) is 6.07 Å². The van der Waals surface area contributed by atoms with Gasteiger partial charge in [-0.05, 0) is 25.6 Å². The van der Waals surface area contributed by atoms with Crippen LogP contribution in [0.15, 0.2) is 24.3 Å². The van der Waals surface area contributed by atoms with E-state index in [1.807, 2.05) is 30.1 Å².